The van der Waals surface area contributed by atoms with E-state index in [1.165, 1.54) is 18.2 Å². The minimum absolute atomic E-state index is 0.0114. The third-order valence-corrected chi connectivity index (χ3v) is 3.29. The lowest BCUT2D eigenvalue weighted by atomic mass is 10.2. The maximum atomic E-state index is 13.1. The van der Waals surface area contributed by atoms with E-state index in [1.807, 2.05) is 0 Å². The highest BCUT2D eigenvalue weighted by molar-refractivity contribution is 6.33. The summed E-state index contributed by atoms with van der Waals surface area (Å²) in [6.45, 7) is 0. The number of halogens is 3. The molecular weight excluding hydrogens is 290 g/mol. The predicted molar refractivity (Wildman–Crippen MR) is 73.8 cm³/mol. The monoisotopic (exact) mass is 296 g/mol. The van der Waals surface area contributed by atoms with Crippen LogP contribution in [-0.4, -0.2) is 4.98 Å². The topological polar surface area (TPSA) is 52.0 Å². The fraction of sp³-hybridized carbons (Fsp3) is 0. The Kier molecular flexibility index (Phi) is 2.84. The summed E-state index contributed by atoms with van der Waals surface area (Å²) in [7, 11) is 0. The fourth-order valence-electron chi connectivity index (χ4n) is 1.72. The van der Waals surface area contributed by atoms with Gasteiger partial charge in [0.25, 0.3) is 0 Å². The number of rotatable bonds is 1. The average Bonchev–Trinajstić information content (AvgIpc) is 2.76. The number of benzene rings is 2. The molecule has 0 fully saturated rings. The van der Waals surface area contributed by atoms with Crippen LogP contribution in [0.15, 0.2) is 34.7 Å². The summed E-state index contributed by atoms with van der Waals surface area (Å²) in [5.74, 6) is -0.160. The van der Waals surface area contributed by atoms with Crippen LogP contribution in [0.1, 0.15) is 0 Å². The number of nitrogen functional groups attached to an aromatic ring is 1. The first kappa shape index (κ1) is 12.3. The molecule has 0 saturated heterocycles. The second kappa shape index (κ2) is 4.40. The smallest absolute Gasteiger partial charge is 0.227 e. The van der Waals surface area contributed by atoms with Crippen molar-refractivity contribution in [1.29, 1.82) is 0 Å². The highest BCUT2D eigenvalue weighted by Gasteiger charge is 2.12. The van der Waals surface area contributed by atoms with E-state index >= 15 is 0 Å². The molecule has 3 nitrogen and oxygen atoms in total. The summed E-state index contributed by atoms with van der Waals surface area (Å²) < 4.78 is 18.7. The molecule has 96 valence electrons. The van der Waals surface area contributed by atoms with E-state index in [4.69, 9.17) is 33.4 Å². The van der Waals surface area contributed by atoms with Gasteiger partial charge in [-0.3, -0.25) is 0 Å². The van der Waals surface area contributed by atoms with Crippen LogP contribution < -0.4 is 5.73 Å². The maximum Gasteiger partial charge on any atom is 0.227 e. The van der Waals surface area contributed by atoms with Crippen molar-refractivity contribution in [2.24, 2.45) is 0 Å². The fourth-order valence-corrected chi connectivity index (χ4v) is 2.06. The van der Waals surface area contributed by atoms with Gasteiger partial charge in [-0.1, -0.05) is 23.2 Å². The molecule has 1 aromatic heterocycles. The number of aromatic nitrogens is 1. The Bertz CT molecular complexity index is 747. The van der Waals surface area contributed by atoms with Crippen molar-refractivity contribution in [3.8, 4) is 11.5 Å². The van der Waals surface area contributed by atoms with Gasteiger partial charge >= 0.3 is 0 Å². The molecule has 19 heavy (non-hydrogen) atoms. The standard InChI is InChI=1S/C13H7Cl2FN2O/c14-7-3-6(1-2-9(7)16)13-18-11-4-8(15)10(17)5-12(11)19-13/h1-5H,17H2. The first-order valence-corrected chi connectivity index (χ1v) is 6.11. The van der Waals surface area contributed by atoms with Gasteiger partial charge in [0.15, 0.2) is 5.58 Å². The molecular formula is C13H7Cl2FN2O. The number of nitrogens with two attached hydrogens (primary N) is 1. The number of fused-ring (bicyclic) bond motifs is 1. The molecule has 0 aliphatic carbocycles. The number of nitrogens with zero attached hydrogens (tertiary/aromatic N) is 1. The molecule has 0 spiro atoms. The molecule has 0 atom stereocenters. The molecule has 0 amide bonds. The van der Waals surface area contributed by atoms with E-state index in [-0.39, 0.29) is 5.02 Å². The SMILES string of the molecule is Nc1cc2oc(-c3ccc(F)c(Cl)c3)nc2cc1Cl. The van der Waals surface area contributed by atoms with Crippen molar-refractivity contribution < 1.29 is 8.81 Å². The maximum absolute atomic E-state index is 13.1. The average molecular weight is 297 g/mol. The van der Waals surface area contributed by atoms with Crippen molar-refractivity contribution in [2.45, 2.75) is 0 Å². The Labute approximate surface area is 117 Å². The van der Waals surface area contributed by atoms with Crippen LogP contribution in [0, 0.1) is 5.82 Å². The van der Waals surface area contributed by atoms with E-state index < -0.39 is 5.82 Å². The summed E-state index contributed by atoms with van der Waals surface area (Å²) in [5.41, 5.74) is 7.77. The molecule has 0 radical (unpaired) electrons. The molecule has 2 aromatic carbocycles. The molecule has 0 aliphatic heterocycles. The Morgan fingerprint density at radius 2 is 1.89 bits per heavy atom. The molecule has 2 N–H and O–H groups in total. The first-order valence-electron chi connectivity index (χ1n) is 5.35. The van der Waals surface area contributed by atoms with Gasteiger partial charge in [0.1, 0.15) is 11.3 Å². The molecule has 3 rings (SSSR count). The Morgan fingerprint density at radius 1 is 1.11 bits per heavy atom. The molecule has 0 saturated carbocycles. The summed E-state index contributed by atoms with van der Waals surface area (Å²) in [5, 5.41) is 0.418. The Hall–Kier alpha value is -1.78. The zero-order chi connectivity index (χ0) is 13.6. The van der Waals surface area contributed by atoms with Crippen LogP contribution in [0.2, 0.25) is 10.0 Å². The summed E-state index contributed by atoms with van der Waals surface area (Å²) in [6.07, 6.45) is 0. The second-order valence-corrected chi connectivity index (χ2v) is 4.80. The van der Waals surface area contributed by atoms with Gasteiger partial charge in [-0.25, -0.2) is 9.37 Å². The van der Waals surface area contributed by atoms with Crippen molar-refractivity contribution in [2.75, 3.05) is 5.73 Å². The highest BCUT2D eigenvalue weighted by atomic mass is 35.5. The number of anilines is 1. The third-order valence-electron chi connectivity index (χ3n) is 2.67. The quantitative estimate of drug-likeness (QED) is 0.672. The Morgan fingerprint density at radius 3 is 2.63 bits per heavy atom. The molecule has 3 aromatic rings. The molecule has 0 aliphatic rings. The van der Waals surface area contributed by atoms with Crippen molar-refractivity contribution in [3.63, 3.8) is 0 Å². The van der Waals surface area contributed by atoms with Gasteiger partial charge in [-0.05, 0) is 24.3 Å². The van der Waals surface area contributed by atoms with E-state index in [1.54, 1.807) is 12.1 Å². The van der Waals surface area contributed by atoms with E-state index in [9.17, 15) is 4.39 Å². The van der Waals surface area contributed by atoms with Crippen molar-refractivity contribution >= 4 is 40.0 Å². The van der Waals surface area contributed by atoms with Crippen LogP contribution in [0.4, 0.5) is 10.1 Å². The highest BCUT2D eigenvalue weighted by Crippen LogP contribution is 2.31. The predicted octanol–water partition coefficient (Wildman–Crippen LogP) is 4.52. The van der Waals surface area contributed by atoms with Crippen LogP contribution in [0.25, 0.3) is 22.6 Å². The van der Waals surface area contributed by atoms with Gasteiger partial charge in [0, 0.05) is 11.6 Å². The van der Waals surface area contributed by atoms with Crippen LogP contribution in [0.5, 0.6) is 0 Å². The van der Waals surface area contributed by atoms with Crippen molar-refractivity contribution in [1.82, 2.24) is 4.98 Å². The number of hydrogen-bond acceptors (Lipinski definition) is 3. The molecule has 6 heteroatoms. The lowest BCUT2D eigenvalue weighted by molar-refractivity contribution is 0.616. The van der Waals surface area contributed by atoms with E-state index in [0.717, 1.165) is 0 Å². The normalized spacial score (nSPS) is 11.1. The number of oxazole rings is 1. The largest absolute Gasteiger partial charge is 0.436 e. The van der Waals surface area contributed by atoms with Crippen LogP contribution in [0.3, 0.4) is 0 Å². The molecule has 1 heterocycles. The van der Waals surface area contributed by atoms with Crippen molar-refractivity contribution in [3.05, 3.63) is 46.2 Å². The minimum atomic E-state index is -0.492. The number of hydrogen-bond donors (Lipinski definition) is 1. The van der Waals surface area contributed by atoms with E-state index in [2.05, 4.69) is 4.98 Å². The van der Waals surface area contributed by atoms with Gasteiger partial charge in [0.05, 0.1) is 15.7 Å². The zero-order valence-electron chi connectivity index (χ0n) is 9.45. The van der Waals surface area contributed by atoms with Gasteiger partial charge in [-0.15, -0.1) is 0 Å². The second-order valence-electron chi connectivity index (χ2n) is 3.99. The summed E-state index contributed by atoms with van der Waals surface area (Å²) in [6, 6.07) is 7.46. The van der Waals surface area contributed by atoms with E-state index in [0.29, 0.717) is 33.3 Å². The lowest BCUT2D eigenvalue weighted by Crippen LogP contribution is -1.84. The first-order chi connectivity index (χ1) is 9.04. The minimum Gasteiger partial charge on any atom is -0.436 e. The Balaban J connectivity index is 2.17. The zero-order valence-corrected chi connectivity index (χ0v) is 11.0. The van der Waals surface area contributed by atoms with Crippen LogP contribution in [-0.2, 0) is 0 Å². The van der Waals surface area contributed by atoms with Gasteiger partial charge < -0.3 is 10.2 Å². The summed E-state index contributed by atoms with van der Waals surface area (Å²) in [4.78, 5) is 4.27. The van der Waals surface area contributed by atoms with Gasteiger partial charge in [-0.2, -0.15) is 0 Å². The van der Waals surface area contributed by atoms with Gasteiger partial charge in [0.2, 0.25) is 5.89 Å². The summed E-state index contributed by atoms with van der Waals surface area (Å²) >= 11 is 11.6. The molecule has 0 bridgehead atoms. The lowest BCUT2D eigenvalue weighted by Gasteiger charge is -1.97. The molecule has 0 unspecified atom stereocenters. The van der Waals surface area contributed by atoms with Crippen LogP contribution >= 0.6 is 23.2 Å². The third kappa shape index (κ3) is 2.13.